The summed E-state index contributed by atoms with van der Waals surface area (Å²) in [5, 5.41) is 0. The van der Waals surface area contributed by atoms with Crippen molar-refractivity contribution in [2.45, 2.75) is 20.3 Å². The van der Waals surface area contributed by atoms with Crippen molar-refractivity contribution >= 4 is 0 Å². The quantitative estimate of drug-likeness (QED) is 0.445. The van der Waals surface area contributed by atoms with Gasteiger partial charge in [-0.25, -0.2) is 0 Å². The minimum atomic E-state index is 0.356. The van der Waals surface area contributed by atoms with Crippen LogP contribution in [0.25, 0.3) is 0 Å². The first-order valence-corrected chi connectivity index (χ1v) is 2.95. The van der Waals surface area contributed by atoms with Crippen LogP contribution in [-0.4, -0.2) is 0 Å². The Morgan fingerprint density at radius 1 is 1.50 bits per heavy atom. The minimum Gasteiger partial charge on any atom is -0.0785 e. The van der Waals surface area contributed by atoms with Crippen molar-refractivity contribution in [2.75, 3.05) is 0 Å². The zero-order chi connectivity index (χ0) is 6.04. The van der Waals surface area contributed by atoms with E-state index >= 15 is 0 Å². The summed E-state index contributed by atoms with van der Waals surface area (Å²) in [5.41, 5.74) is 0.356. The van der Waals surface area contributed by atoms with Crippen LogP contribution >= 0.6 is 0 Å². The maximum atomic E-state index is 3.16. The highest BCUT2D eigenvalue weighted by molar-refractivity contribution is 5.10. The van der Waals surface area contributed by atoms with Gasteiger partial charge in [-0.15, -0.1) is 0 Å². The number of hydrogen-bond acceptors (Lipinski definition) is 0. The molecule has 0 spiro atoms. The van der Waals surface area contributed by atoms with E-state index in [1.54, 1.807) is 0 Å². The van der Waals surface area contributed by atoms with Gasteiger partial charge in [0.1, 0.15) is 0 Å². The van der Waals surface area contributed by atoms with Crippen LogP contribution in [0.3, 0.4) is 0 Å². The molecule has 0 amide bonds. The lowest BCUT2D eigenvalue weighted by atomic mass is 9.86. The van der Waals surface area contributed by atoms with Crippen LogP contribution in [0.15, 0.2) is 18.2 Å². The van der Waals surface area contributed by atoms with Crippen molar-refractivity contribution < 1.29 is 0 Å². The number of hydrogen-bond donors (Lipinski definition) is 0. The second kappa shape index (κ2) is 1.77. The molecule has 0 bridgehead atoms. The lowest BCUT2D eigenvalue weighted by Crippen LogP contribution is -2.06. The molecule has 0 fully saturated rings. The zero-order valence-electron chi connectivity index (χ0n) is 5.44. The highest BCUT2D eigenvalue weighted by atomic mass is 14.2. The summed E-state index contributed by atoms with van der Waals surface area (Å²) < 4.78 is 0. The van der Waals surface area contributed by atoms with E-state index in [1.165, 1.54) is 0 Å². The molecular formula is C8H11. The van der Waals surface area contributed by atoms with Crippen LogP contribution in [0.2, 0.25) is 0 Å². The molecule has 1 rings (SSSR count). The largest absolute Gasteiger partial charge is 0.0785 e. The predicted molar refractivity (Wildman–Crippen MR) is 35.4 cm³/mol. The smallest absolute Gasteiger partial charge is 0.0131 e. The Morgan fingerprint density at radius 3 is 2.50 bits per heavy atom. The fraction of sp³-hybridized carbons (Fsp3) is 0.500. The SMILES string of the molecule is CC1(C)C=CC=[C]C1. The molecule has 1 radical (unpaired) electrons. The van der Waals surface area contributed by atoms with Crippen LogP contribution in [0.5, 0.6) is 0 Å². The topological polar surface area (TPSA) is 0 Å². The summed E-state index contributed by atoms with van der Waals surface area (Å²) in [7, 11) is 0. The Balaban J connectivity index is 2.65. The first-order valence-electron chi connectivity index (χ1n) is 2.95. The average molecular weight is 107 g/mol. The van der Waals surface area contributed by atoms with Gasteiger partial charge in [0, 0.05) is 0 Å². The molecule has 0 atom stereocenters. The molecular weight excluding hydrogens is 96.1 g/mol. The molecule has 0 saturated heterocycles. The Hall–Kier alpha value is -0.520. The highest BCUT2D eigenvalue weighted by Crippen LogP contribution is 2.24. The first-order chi connectivity index (χ1) is 3.71. The average Bonchev–Trinajstić information content (AvgIpc) is 1.65. The van der Waals surface area contributed by atoms with Crippen molar-refractivity contribution in [3.63, 3.8) is 0 Å². The van der Waals surface area contributed by atoms with Crippen molar-refractivity contribution in [1.82, 2.24) is 0 Å². The first kappa shape index (κ1) is 5.61. The molecule has 0 aliphatic heterocycles. The van der Waals surface area contributed by atoms with Gasteiger partial charge in [0.2, 0.25) is 0 Å². The highest BCUT2D eigenvalue weighted by Gasteiger charge is 2.12. The molecule has 0 saturated carbocycles. The molecule has 0 aromatic heterocycles. The Kier molecular flexibility index (Phi) is 1.24. The normalized spacial score (nSPS) is 23.8. The lowest BCUT2D eigenvalue weighted by Gasteiger charge is -2.18. The van der Waals surface area contributed by atoms with Crippen LogP contribution in [0.4, 0.5) is 0 Å². The van der Waals surface area contributed by atoms with E-state index in [0.29, 0.717) is 5.41 Å². The van der Waals surface area contributed by atoms with E-state index in [1.807, 2.05) is 6.08 Å². The fourth-order valence-corrected chi connectivity index (χ4v) is 0.758. The zero-order valence-corrected chi connectivity index (χ0v) is 5.44. The number of rotatable bonds is 0. The molecule has 0 N–H and O–H groups in total. The van der Waals surface area contributed by atoms with Gasteiger partial charge < -0.3 is 0 Å². The summed E-state index contributed by atoms with van der Waals surface area (Å²) in [6.07, 6.45) is 10.5. The molecule has 0 heterocycles. The molecule has 0 heteroatoms. The van der Waals surface area contributed by atoms with Crippen LogP contribution in [0.1, 0.15) is 20.3 Å². The predicted octanol–water partition coefficient (Wildman–Crippen LogP) is 2.33. The molecule has 1 aliphatic carbocycles. The van der Waals surface area contributed by atoms with E-state index in [0.717, 1.165) is 6.42 Å². The van der Waals surface area contributed by atoms with Crippen molar-refractivity contribution in [3.8, 4) is 0 Å². The molecule has 0 nitrogen and oxygen atoms in total. The standard InChI is InChI=1S/C8H11/c1-8(2)6-4-3-5-7-8/h3-4,6H,7H2,1-2H3. The van der Waals surface area contributed by atoms with Gasteiger partial charge >= 0.3 is 0 Å². The molecule has 1 aliphatic rings. The van der Waals surface area contributed by atoms with Crippen molar-refractivity contribution in [1.29, 1.82) is 0 Å². The van der Waals surface area contributed by atoms with Crippen LogP contribution < -0.4 is 0 Å². The third-order valence-electron chi connectivity index (χ3n) is 1.32. The second-order valence-corrected chi connectivity index (χ2v) is 2.90. The second-order valence-electron chi connectivity index (χ2n) is 2.90. The number of allylic oxidation sites excluding steroid dienone is 4. The summed E-state index contributed by atoms with van der Waals surface area (Å²) in [4.78, 5) is 0. The minimum absolute atomic E-state index is 0.356. The van der Waals surface area contributed by atoms with E-state index < -0.39 is 0 Å². The van der Waals surface area contributed by atoms with Gasteiger partial charge in [0.15, 0.2) is 0 Å². The molecule has 43 valence electrons. The molecule has 0 aromatic carbocycles. The Labute approximate surface area is 50.9 Å². The summed E-state index contributed by atoms with van der Waals surface area (Å²) in [6.45, 7) is 4.42. The molecule has 0 unspecified atom stereocenters. The van der Waals surface area contributed by atoms with Crippen molar-refractivity contribution in [3.05, 3.63) is 24.3 Å². The molecule has 0 aromatic rings. The van der Waals surface area contributed by atoms with Gasteiger partial charge in [-0.2, -0.15) is 0 Å². The van der Waals surface area contributed by atoms with Gasteiger partial charge in [0.05, 0.1) is 0 Å². The summed E-state index contributed by atoms with van der Waals surface area (Å²) >= 11 is 0. The van der Waals surface area contributed by atoms with Gasteiger partial charge in [-0.1, -0.05) is 32.1 Å². The summed E-state index contributed by atoms with van der Waals surface area (Å²) in [5.74, 6) is 0. The van der Waals surface area contributed by atoms with E-state index in [4.69, 9.17) is 0 Å². The summed E-state index contributed by atoms with van der Waals surface area (Å²) in [6, 6.07) is 0. The Morgan fingerprint density at radius 2 is 2.25 bits per heavy atom. The van der Waals surface area contributed by atoms with E-state index in [-0.39, 0.29) is 0 Å². The van der Waals surface area contributed by atoms with E-state index in [9.17, 15) is 0 Å². The maximum absolute atomic E-state index is 3.16. The Bertz CT molecular complexity index is 127. The monoisotopic (exact) mass is 107 g/mol. The van der Waals surface area contributed by atoms with Crippen LogP contribution in [-0.2, 0) is 0 Å². The maximum Gasteiger partial charge on any atom is -0.0131 e. The lowest BCUT2D eigenvalue weighted by molar-refractivity contribution is 0.477. The van der Waals surface area contributed by atoms with Crippen LogP contribution in [0, 0.1) is 11.5 Å². The van der Waals surface area contributed by atoms with Gasteiger partial charge in [-0.3, -0.25) is 0 Å². The fourth-order valence-electron chi connectivity index (χ4n) is 0.758. The third-order valence-corrected chi connectivity index (χ3v) is 1.32. The van der Waals surface area contributed by atoms with Gasteiger partial charge in [-0.05, 0) is 17.9 Å². The van der Waals surface area contributed by atoms with Gasteiger partial charge in [0.25, 0.3) is 0 Å². The third kappa shape index (κ3) is 1.22. The molecule has 8 heavy (non-hydrogen) atoms. The van der Waals surface area contributed by atoms with Crippen molar-refractivity contribution in [2.24, 2.45) is 5.41 Å². The van der Waals surface area contributed by atoms with E-state index in [2.05, 4.69) is 32.1 Å².